The van der Waals surface area contributed by atoms with Crippen molar-refractivity contribution in [2.75, 3.05) is 26.1 Å². The van der Waals surface area contributed by atoms with Crippen LogP contribution in [0.2, 0.25) is 5.02 Å². The van der Waals surface area contributed by atoms with E-state index in [4.69, 9.17) is 31.1 Å². The summed E-state index contributed by atoms with van der Waals surface area (Å²) >= 11 is 5.88. The van der Waals surface area contributed by atoms with E-state index in [9.17, 15) is 4.79 Å². The van der Waals surface area contributed by atoms with E-state index in [-0.39, 0.29) is 6.61 Å². The second-order valence-electron chi connectivity index (χ2n) is 4.69. The maximum absolute atomic E-state index is 12.0. The summed E-state index contributed by atoms with van der Waals surface area (Å²) < 4.78 is 15.7. The number of carbonyl (C=O) groups excluding carboxylic acids is 1. The van der Waals surface area contributed by atoms with Gasteiger partial charge in [-0.1, -0.05) is 11.6 Å². The van der Waals surface area contributed by atoms with Crippen molar-refractivity contribution in [2.24, 2.45) is 0 Å². The Morgan fingerprint density at radius 2 is 1.75 bits per heavy atom. The molecule has 7 heteroatoms. The summed E-state index contributed by atoms with van der Waals surface area (Å²) in [4.78, 5) is 12.0. The Hall–Kier alpha value is -2.91. The number of hydrogen-bond acceptors (Lipinski definition) is 5. The molecule has 0 bridgehead atoms. The highest BCUT2D eigenvalue weighted by Gasteiger charge is 2.10. The minimum Gasteiger partial charge on any atom is -0.496 e. The van der Waals surface area contributed by atoms with Gasteiger partial charge in [0.15, 0.2) is 6.61 Å². The van der Waals surface area contributed by atoms with E-state index < -0.39 is 5.91 Å². The van der Waals surface area contributed by atoms with Crippen LogP contribution in [0.1, 0.15) is 5.56 Å². The monoisotopic (exact) mass is 346 g/mol. The number of benzene rings is 2. The molecule has 0 radical (unpaired) electrons. The van der Waals surface area contributed by atoms with Gasteiger partial charge in [-0.15, -0.1) is 0 Å². The standard InChI is InChI=1S/C17H15ClN2O4/c1-22-13-6-14(23-2)8-15(7-13)24-10-17(21)20-16-5-12(18)4-3-11(16)9-19/h3-8H,10H2,1-2H3,(H,20,21). The van der Waals surface area contributed by atoms with Gasteiger partial charge >= 0.3 is 0 Å². The Balaban J connectivity index is 2.04. The van der Waals surface area contributed by atoms with Crippen molar-refractivity contribution in [1.29, 1.82) is 5.26 Å². The van der Waals surface area contributed by atoms with Crippen molar-refractivity contribution in [2.45, 2.75) is 0 Å². The molecule has 0 aliphatic rings. The number of nitrogens with zero attached hydrogens (tertiary/aromatic N) is 1. The first kappa shape index (κ1) is 17.4. The number of amides is 1. The molecule has 0 saturated carbocycles. The molecule has 0 saturated heterocycles. The number of nitriles is 1. The average Bonchev–Trinajstić information content (AvgIpc) is 2.59. The number of carbonyl (C=O) groups is 1. The molecule has 0 unspecified atom stereocenters. The van der Waals surface area contributed by atoms with Crippen molar-refractivity contribution in [3.05, 3.63) is 47.0 Å². The van der Waals surface area contributed by atoms with E-state index in [0.717, 1.165) is 0 Å². The van der Waals surface area contributed by atoms with Gasteiger partial charge in [0.2, 0.25) is 0 Å². The minimum atomic E-state index is -0.421. The summed E-state index contributed by atoms with van der Waals surface area (Å²) in [5, 5.41) is 12.1. The highest BCUT2D eigenvalue weighted by Crippen LogP contribution is 2.27. The molecule has 0 fully saturated rings. The van der Waals surface area contributed by atoms with Gasteiger partial charge in [0.1, 0.15) is 23.3 Å². The molecule has 0 atom stereocenters. The van der Waals surface area contributed by atoms with Gasteiger partial charge in [-0.3, -0.25) is 4.79 Å². The molecule has 1 N–H and O–H groups in total. The Kier molecular flexibility index (Phi) is 5.88. The molecular formula is C17H15ClN2O4. The van der Waals surface area contributed by atoms with Crippen LogP contribution in [0.15, 0.2) is 36.4 Å². The van der Waals surface area contributed by atoms with Crippen LogP contribution in [-0.4, -0.2) is 26.7 Å². The van der Waals surface area contributed by atoms with Gasteiger partial charge in [0, 0.05) is 23.2 Å². The van der Waals surface area contributed by atoms with Crippen LogP contribution in [0.25, 0.3) is 0 Å². The molecule has 0 spiro atoms. The molecular weight excluding hydrogens is 332 g/mol. The van der Waals surface area contributed by atoms with Gasteiger partial charge in [-0.25, -0.2) is 0 Å². The molecule has 2 aromatic rings. The lowest BCUT2D eigenvalue weighted by molar-refractivity contribution is -0.118. The number of methoxy groups -OCH3 is 2. The SMILES string of the molecule is COc1cc(OC)cc(OCC(=O)Nc2cc(Cl)ccc2C#N)c1. The highest BCUT2D eigenvalue weighted by molar-refractivity contribution is 6.31. The summed E-state index contributed by atoms with van der Waals surface area (Å²) in [6.45, 7) is -0.242. The van der Waals surface area contributed by atoms with E-state index in [1.807, 2.05) is 6.07 Å². The van der Waals surface area contributed by atoms with E-state index in [2.05, 4.69) is 5.32 Å². The fraction of sp³-hybridized carbons (Fsp3) is 0.176. The number of nitrogens with one attached hydrogen (secondary N) is 1. The third-order valence-electron chi connectivity index (χ3n) is 3.07. The van der Waals surface area contributed by atoms with Gasteiger partial charge in [0.25, 0.3) is 5.91 Å². The summed E-state index contributed by atoms with van der Waals surface area (Å²) in [6, 6.07) is 11.6. The number of hydrogen-bond donors (Lipinski definition) is 1. The predicted molar refractivity (Wildman–Crippen MR) is 89.8 cm³/mol. The Bertz CT molecular complexity index is 764. The molecule has 2 rings (SSSR count). The molecule has 0 aliphatic carbocycles. The molecule has 6 nitrogen and oxygen atoms in total. The van der Waals surface area contributed by atoms with Crippen molar-refractivity contribution < 1.29 is 19.0 Å². The fourth-order valence-electron chi connectivity index (χ4n) is 1.92. The van der Waals surface area contributed by atoms with Crippen LogP contribution >= 0.6 is 11.6 Å². The van der Waals surface area contributed by atoms with Crippen LogP contribution in [0.3, 0.4) is 0 Å². The summed E-state index contributed by atoms with van der Waals surface area (Å²) in [5.74, 6) is 1.10. The third kappa shape index (κ3) is 4.54. The van der Waals surface area contributed by atoms with Crippen LogP contribution in [-0.2, 0) is 4.79 Å². The van der Waals surface area contributed by atoms with Crippen LogP contribution < -0.4 is 19.5 Å². The van der Waals surface area contributed by atoms with Gasteiger partial charge < -0.3 is 19.5 Å². The zero-order valence-electron chi connectivity index (χ0n) is 13.1. The van der Waals surface area contributed by atoms with Crippen molar-refractivity contribution in [1.82, 2.24) is 0 Å². The fourth-order valence-corrected chi connectivity index (χ4v) is 2.09. The lowest BCUT2D eigenvalue weighted by Crippen LogP contribution is -2.20. The molecule has 1 amide bonds. The van der Waals surface area contributed by atoms with Crippen LogP contribution in [0, 0.1) is 11.3 Å². The van der Waals surface area contributed by atoms with Crippen LogP contribution in [0.4, 0.5) is 5.69 Å². The van der Waals surface area contributed by atoms with E-state index >= 15 is 0 Å². The van der Waals surface area contributed by atoms with E-state index in [1.54, 1.807) is 24.3 Å². The Morgan fingerprint density at radius 1 is 1.12 bits per heavy atom. The van der Waals surface area contributed by atoms with Crippen LogP contribution in [0.5, 0.6) is 17.2 Å². The van der Waals surface area contributed by atoms with Crippen molar-refractivity contribution in [3.8, 4) is 23.3 Å². The van der Waals surface area contributed by atoms with Crippen molar-refractivity contribution >= 4 is 23.2 Å². The number of anilines is 1. The maximum Gasteiger partial charge on any atom is 0.262 e. The average molecular weight is 347 g/mol. The normalized spacial score (nSPS) is 9.75. The van der Waals surface area contributed by atoms with Gasteiger partial charge in [-0.2, -0.15) is 5.26 Å². The molecule has 0 aliphatic heterocycles. The lowest BCUT2D eigenvalue weighted by Gasteiger charge is -2.11. The Morgan fingerprint density at radius 3 is 2.33 bits per heavy atom. The van der Waals surface area contributed by atoms with E-state index in [0.29, 0.717) is 33.5 Å². The highest BCUT2D eigenvalue weighted by atomic mass is 35.5. The second-order valence-corrected chi connectivity index (χ2v) is 5.12. The zero-order chi connectivity index (χ0) is 17.5. The first-order valence-electron chi connectivity index (χ1n) is 6.91. The number of rotatable bonds is 6. The molecule has 24 heavy (non-hydrogen) atoms. The van der Waals surface area contributed by atoms with Gasteiger partial charge in [0.05, 0.1) is 25.5 Å². The second kappa shape index (κ2) is 8.09. The maximum atomic E-state index is 12.0. The third-order valence-corrected chi connectivity index (χ3v) is 3.31. The minimum absolute atomic E-state index is 0.242. The topological polar surface area (TPSA) is 80.6 Å². The largest absolute Gasteiger partial charge is 0.496 e. The summed E-state index contributed by atoms with van der Waals surface area (Å²) in [5.41, 5.74) is 0.651. The molecule has 124 valence electrons. The lowest BCUT2D eigenvalue weighted by atomic mass is 10.2. The summed E-state index contributed by atoms with van der Waals surface area (Å²) in [6.07, 6.45) is 0. The predicted octanol–water partition coefficient (Wildman–Crippen LogP) is 3.25. The first-order chi connectivity index (χ1) is 11.5. The molecule has 0 heterocycles. The quantitative estimate of drug-likeness (QED) is 0.868. The van der Waals surface area contributed by atoms with E-state index in [1.165, 1.54) is 26.4 Å². The number of ether oxygens (including phenoxy) is 3. The smallest absolute Gasteiger partial charge is 0.262 e. The molecule has 2 aromatic carbocycles. The zero-order valence-corrected chi connectivity index (χ0v) is 13.9. The van der Waals surface area contributed by atoms with Crippen molar-refractivity contribution in [3.63, 3.8) is 0 Å². The summed E-state index contributed by atoms with van der Waals surface area (Å²) in [7, 11) is 3.04. The van der Waals surface area contributed by atoms with Gasteiger partial charge in [-0.05, 0) is 18.2 Å². The molecule has 0 aromatic heterocycles. The number of halogens is 1. The Labute approximate surface area is 144 Å². The first-order valence-corrected chi connectivity index (χ1v) is 7.29.